The number of aliphatic hydroxyl groups is 1. The summed E-state index contributed by atoms with van der Waals surface area (Å²) in [6.07, 6.45) is 2.64. The Balaban J connectivity index is 2.25. The zero-order valence-corrected chi connectivity index (χ0v) is 9.75. The molecule has 0 radical (unpaired) electrons. The average Bonchev–Trinajstić information content (AvgIpc) is 2.24. The molecule has 0 saturated heterocycles. The van der Waals surface area contributed by atoms with Gasteiger partial charge in [-0.15, -0.1) is 0 Å². The normalized spacial score (nSPS) is 12.7. The number of hydrogen-bond donors (Lipinski definition) is 2. The first-order valence-corrected chi connectivity index (χ1v) is 5.81. The Morgan fingerprint density at radius 3 is 2.88 bits per heavy atom. The van der Waals surface area contributed by atoms with E-state index < -0.39 is 0 Å². The summed E-state index contributed by atoms with van der Waals surface area (Å²) < 4.78 is 12.9. The van der Waals surface area contributed by atoms with Crippen molar-refractivity contribution in [2.24, 2.45) is 0 Å². The maximum absolute atomic E-state index is 12.9. The van der Waals surface area contributed by atoms with Crippen molar-refractivity contribution in [2.45, 2.75) is 32.2 Å². The van der Waals surface area contributed by atoms with E-state index in [2.05, 4.69) is 12.2 Å². The molecule has 0 aliphatic carbocycles. The van der Waals surface area contributed by atoms with Gasteiger partial charge in [-0.2, -0.15) is 0 Å². The molecule has 1 rings (SSSR count). The quantitative estimate of drug-likeness (QED) is 0.697. The van der Waals surface area contributed by atoms with Crippen molar-refractivity contribution in [3.8, 4) is 0 Å². The average molecular weight is 225 g/mol. The highest BCUT2D eigenvalue weighted by atomic mass is 19.1. The van der Waals surface area contributed by atoms with Gasteiger partial charge in [0.1, 0.15) is 5.82 Å². The van der Waals surface area contributed by atoms with E-state index in [9.17, 15) is 4.39 Å². The molecule has 0 aliphatic rings. The molecule has 1 aromatic rings. The molecular formula is C13H20FNO. The SMILES string of the molecule is CC(Cc1cccc(F)c1)NCCCCO. The highest BCUT2D eigenvalue weighted by Gasteiger charge is 2.03. The Kier molecular flexibility index (Phi) is 6.04. The standard InChI is InChI=1S/C13H20FNO/c1-11(15-7-2-3-8-16)9-12-5-4-6-13(14)10-12/h4-6,10-11,15-16H,2-3,7-9H2,1H3. The van der Waals surface area contributed by atoms with Crippen LogP contribution in [0.5, 0.6) is 0 Å². The maximum Gasteiger partial charge on any atom is 0.123 e. The summed E-state index contributed by atoms with van der Waals surface area (Å²) in [5.41, 5.74) is 1.02. The highest BCUT2D eigenvalue weighted by molar-refractivity contribution is 5.17. The fourth-order valence-corrected chi connectivity index (χ4v) is 1.67. The number of nitrogens with one attached hydrogen (secondary N) is 1. The zero-order chi connectivity index (χ0) is 11.8. The van der Waals surface area contributed by atoms with Crippen molar-refractivity contribution in [2.75, 3.05) is 13.2 Å². The number of hydrogen-bond acceptors (Lipinski definition) is 2. The van der Waals surface area contributed by atoms with Crippen LogP contribution in [0.1, 0.15) is 25.3 Å². The van der Waals surface area contributed by atoms with Gasteiger partial charge in [0.05, 0.1) is 0 Å². The van der Waals surface area contributed by atoms with E-state index in [0.29, 0.717) is 6.04 Å². The molecule has 16 heavy (non-hydrogen) atoms. The molecule has 0 fully saturated rings. The second-order valence-electron chi connectivity index (χ2n) is 4.12. The molecule has 2 N–H and O–H groups in total. The number of rotatable bonds is 7. The van der Waals surface area contributed by atoms with Crippen LogP contribution in [-0.2, 0) is 6.42 Å². The molecule has 0 aliphatic heterocycles. The predicted octanol–water partition coefficient (Wildman–Crippen LogP) is 2.12. The Labute approximate surface area is 96.5 Å². The molecule has 0 aromatic heterocycles. The van der Waals surface area contributed by atoms with Gasteiger partial charge >= 0.3 is 0 Å². The van der Waals surface area contributed by atoms with Crippen molar-refractivity contribution < 1.29 is 9.50 Å². The smallest absolute Gasteiger partial charge is 0.123 e. The Bertz CT molecular complexity index is 304. The van der Waals surface area contributed by atoms with Crippen LogP contribution in [0.4, 0.5) is 4.39 Å². The van der Waals surface area contributed by atoms with Crippen molar-refractivity contribution >= 4 is 0 Å². The van der Waals surface area contributed by atoms with Crippen LogP contribution in [0.25, 0.3) is 0 Å². The molecule has 3 heteroatoms. The fourth-order valence-electron chi connectivity index (χ4n) is 1.67. The summed E-state index contributed by atoms with van der Waals surface area (Å²) in [6, 6.07) is 7.05. The minimum absolute atomic E-state index is 0.176. The second-order valence-corrected chi connectivity index (χ2v) is 4.12. The maximum atomic E-state index is 12.9. The fraction of sp³-hybridized carbons (Fsp3) is 0.538. The summed E-state index contributed by atoms with van der Waals surface area (Å²) in [5, 5.41) is 12.0. The van der Waals surface area contributed by atoms with Crippen LogP contribution in [0.15, 0.2) is 24.3 Å². The molecule has 0 amide bonds. The van der Waals surface area contributed by atoms with Crippen LogP contribution >= 0.6 is 0 Å². The van der Waals surface area contributed by atoms with Gasteiger partial charge in [-0.25, -0.2) is 4.39 Å². The molecular weight excluding hydrogens is 205 g/mol. The second kappa shape index (κ2) is 7.36. The lowest BCUT2D eigenvalue weighted by Crippen LogP contribution is -2.29. The summed E-state index contributed by atoms with van der Waals surface area (Å²) in [6.45, 7) is 3.24. The third-order valence-corrected chi connectivity index (χ3v) is 2.51. The van der Waals surface area contributed by atoms with Gasteiger partial charge in [-0.1, -0.05) is 12.1 Å². The van der Waals surface area contributed by atoms with Gasteiger partial charge in [0.15, 0.2) is 0 Å². The van der Waals surface area contributed by atoms with E-state index in [-0.39, 0.29) is 12.4 Å². The molecule has 1 atom stereocenters. The van der Waals surface area contributed by atoms with Crippen LogP contribution in [-0.4, -0.2) is 24.3 Å². The molecule has 0 heterocycles. The van der Waals surface area contributed by atoms with Gasteiger partial charge in [-0.3, -0.25) is 0 Å². The Hall–Kier alpha value is -0.930. The molecule has 0 bridgehead atoms. The number of aliphatic hydroxyl groups excluding tert-OH is 1. The minimum atomic E-state index is -0.176. The van der Waals surface area contributed by atoms with Crippen molar-refractivity contribution in [1.82, 2.24) is 5.32 Å². The minimum Gasteiger partial charge on any atom is -0.396 e. The first-order chi connectivity index (χ1) is 7.72. The number of unbranched alkanes of at least 4 members (excludes halogenated alkanes) is 1. The van der Waals surface area contributed by atoms with Crippen LogP contribution < -0.4 is 5.32 Å². The van der Waals surface area contributed by atoms with Crippen molar-refractivity contribution in [1.29, 1.82) is 0 Å². The summed E-state index contributed by atoms with van der Waals surface area (Å²) in [4.78, 5) is 0. The highest BCUT2D eigenvalue weighted by Crippen LogP contribution is 2.06. The third-order valence-electron chi connectivity index (χ3n) is 2.51. The molecule has 1 aromatic carbocycles. The first kappa shape index (κ1) is 13.1. The lowest BCUT2D eigenvalue weighted by Gasteiger charge is -2.13. The lowest BCUT2D eigenvalue weighted by atomic mass is 10.1. The van der Waals surface area contributed by atoms with E-state index in [0.717, 1.165) is 31.4 Å². The van der Waals surface area contributed by atoms with E-state index in [4.69, 9.17) is 5.11 Å². The Morgan fingerprint density at radius 2 is 2.19 bits per heavy atom. The topological polar surface area (TPSA) is 32.3 Å². The molecule has 0 saturated carbocycles. The van der Waals surface area contributed by atoms with Crippen LogP contribution in [0, 0.1) is 5.82 Å². The van der Waals surface area contributed by atoms with Crippen LogP contribution in [0.2, 0.25) is 0 Å². The van der Waals surface area contributed by atoms with Crippen molar-refractivity contribution in [3.63, 3.8) is 0 Å². The van der Waals surface area contributed by atoms with Crippen molar-refractivity contribution in [3.05, 3.63) is 35.6 Å². The number of halogens is 1. The molecule has 2 nitrogen and oxygen atoms in total. The molecule has 0 spiro atoms. The van der Waals surface area contributed by atoms with E-state index in [1.54, 1.807) is 12.1 Å². The first-order valence-electron chi connectivity index (χ1n) is 5.81. The predicted molar refractivity (Wildman–Crippen MR) is 63.9 cm³/mol. The van der Waals surface area contributed by atoms with E-state index >= 15 is 0 Å². The van der Waals surface area contributed by atoms with Gasteiger partial charge in [0, 0.05) is 12.6 Å². The summed E-state index contributed by atoms with van der Waals surface area (Å²) in [5.74, 6) is -0.176. The largest absolute Gasteiger partial charge is 0.396 e. The zero-order valence-electron chi connectivity index (χ0n) is 9.75. The lowest BCUT2D eigenvalue weighted by molar-refractivity contribution is 0.282. The number of benzene rings is 1. The van der Waals surface area contributed by atoms with Crippen LogP contribution in [0.3, 0.4) is 0 Å². The molecule has 1 unspecified atom stereocenters. The third kappa shape index (κ3) is 5.24. The summed E-state index contributed by atoms with van der Waals surface area (Å²) >= 11 is 0. The molecule has 90 valence electrons. The summed E-state index contributed by atoms with van der Waals surface area (Å²) in [7, 11) is 0. The van der Waals surface area contributed by atoms with E-state index in [1.807, 2.05) is 6.07 Å². The monoisotopic (exact) mass is 225 g/mol. The Morgan fingerprint density at radius 1 is 1.38 bits per heavy atom. The van der Waals surface area contributed by atoms with Gasteiger partial charge in [0.2, 0.25) is 0 Å². The van der Waals surface area contributed by atoms with Gasteiger partial charge in [0.25, 0.3) is 0 Å². The van der Waals surface area contributed by atoms with Gasteiger partial charge < -0.3 is 10.4 Å². The van der Waals surface area contributed by atoms with Gasteiger partial charge in [-0.05, 0) is 50.4 Å². The van der Waals surface area contributed by atoms with E-state index in [1.165, 1.54) is 6.07 Å².